The van der Waals surface area contributed by atoms with Crippen molar-refractivity contribution in [3.05, 3.63) is 47.0 Å². The van der Waals surface area contributed by atoms with Crippen LogP contribution in [-0.2, 0) is 19.3 Å². The molecule has 80 valence electrons. The van der Waals surface area contributed by atoms with Crippen LogP contribution in [0.1, 0.15) is 29.5 Å². The van der Waals surface area contributed by atoms with E-state index in [-0.39, 0.29) is 0 Å². The summed E-state index contributed by atoms with van der Waals surface area (Å²) in [5, 5.41) is 0. The molecule has 0 aliphatic heterocycles. The summed E-state index contributed by atoms with van der Waals surface area (Å²) < 4.78 is 0. The topological polar surface area (TPSA) is 0 Å². The van der Waals surface area contributed by atoms with Crippen molar-refractivity contribution in [1.29, 1.82) is 0 Å². The van der Waals surface area contributed by atoms with Crippen LogP contribution >= 0.6 is 11.6 Å². The maximum absolute atomic E-state index is 5.61. The lowest BCUT2D eigenvalue weighted by molar-refractivity contribution is 0.911. The number of hydrogen-bond acceptors (Lipinski definition) is 0. The predicted octanol–water partition coefficient (Wildman–Crippen LogP) is 3.90. The zero-order valence-electron chi connectivity index (χ0n) is 9.01. The Balaban J connectivity index is 1.98. The van der Waals surface area contributed by atoms with E-state index in [1.807, 2.05) is 0 Å². The first-order chi connectivity index (χ1) is 7.40. The molecule has 1 aliphatic carbocycles. The molecular formula is C14H17Cl. The first-order valence-electron chi connectivity index (χ1n) is 5.72. The van der Waals surface area contributed by atoms with Crippen LogP contribution in [0.2, 0.25) is 0 Å². The molecule has 0 radical (unpaired) electrons. The Labute approximate surface area is 97.0 Å². The van der Waals surface area contributed by atoms with E-state index >= 15 is 0 Å². The number of rotatable bonds is 4. The number of allylic oxidation sites excluding steroid dienone is 2. The van der Waals surface area contributed by atoms with Gasteiger partial charge in [0.05, 0.1) is 0 Å². The van der Waals surface area contributed by atoms with Crippen molar-refractivity contribution < 1.29 is 0 Å². The van der Waals surface area contributed by atoms with E-state index in [4.69, 9.17) is 11.6 Å². The van der Waals surface area contributed by atoms with Gasteiger partial charge in [-0.3, -0.25) is 0 Å². The lowest BCUT2D eigenvalue weighted by Gasteiger charge is -2.02. The smallest absolute Gasteiger partial charge is 0.0258 e. The van der Waals surface area contributed by atoms with Crippen LogP contribution < -0.4 is 0 Å². The lowest BCUT2D eigenvalue weighted by Crippen LogP contribution is -1.87. The Hall–Kier alpha value is -0.750. The first kappa shape index (κ1) is 10.8. The molecule has 1 aromatic carbocycles. The maximum Gasteiger partial charge on any atom is 0.0258 e. The highest BCUT2D eigenvalue weighted by Gasteiger charge is 2.09. The van der Waals surface area contributed by atoms with E-state index in [1.165, 1.54) is 24.8 Å². The average Bonchev–Trinajstić information content (AvgIpc) is 2.71. The highest BCUT2D eigenvalue weighted by atomic mass is 35.5. The second-order valence-electron chi connectivity index (χ2n) is 4.11. The molecule has 0 saturated heterocycles. The van der Waals surface area contributed by atoms with Crippen molar-refractivity contribution in [2.45, 2.75) is 32.1 Å². The van der Waals surface area contributed by atoms with Gasteiger partial charge in [0.2, 0.25) is 0 Å². The molecule has 0 N–H and O–H groups in total. The van der Waals surface area contributed by atoms with E-state index < -0.39 is 0 Å². The zero-order valence-corrected chi connectivity index (χ0v) is 9.76. The number of alkyl halides is 1. The fraction of sp³-hybridized carbons (Fsp3) is 0.429. The number of hydrogen-bond donors (Lipinski definition) is 0. The predicted molar refractivity (Wildman–Crippen MR) is 66.6 cm³/mol. The normalized spacial score (nSPS) is 14.7. The second-order valence-corrected chi connectivity index (χ2v) is 4.49. The third-order valence-electron chi connectivity index (χ3n) is 2.96. The van der Waals surface area contributed by atoms with Crippen molar-refractivity contribution in [2.75, 3.05) is 5.88 Å². The first-order valence-corrected chi connectivity index (χ1v) is 6.25. The van der Waals surface area contributed by atoms with Crippen LogP contribution in [-0.4, -0.2) is 5.88 Å². The molecule has 0 heterocycles. The van der Waals surface area contributed by atoms with Crippen LogP contribution in [0, 0.1) is 0 Å². The van der Waals surface area contributed by atoms with Crippen LogP contribution in [0.3, 0.4) is 0 Å². The second kappa shape index (κ2) is 5.37. The summed E-state index contributed by atoms with van der Waals surface area (Å²) in [6.45, 7) is 0. The summed E-state index contributed by atoms with van der Waals surface area (Å²) in [6, 6.07) is 6.93. The van der Waals surface area contributed by atoms with Crippen molar-refractivity contribution in [2.24, 2.45) is 0 Å². The van der Waals surface area contributed by atoms with Gasteiger partial charge >= 0.3 is 0 Å². The molecule has 0 aromatic heterocycles. The van der Waals surface area contributed by atoms with E-state index in [9.17, 15) is 0 Å². The quantitative estimate of drug-likeness (QED) is 0.533. The molecule has 0 bridgehead atoms. The summed E-state index contributed by atoms with van der Waals surface area (Å²) in [6.07, 6.45) is 10.3. The minimum atomic E-state index is 0.723. The highest BCUT2D eigenvalue weighted by Crippen LogP contribution is 2.23. The van der Waals surface area contributed by atoms with Gasteiger partial charge in [-0.15, -0.1) is 11.6 Å². The summed E-state index contributed by atoms with van der Waals surface area (Å²) in [7, 11) is 0. The summed E-state index contributed by atoms with van der Waals surface area (Å²) in [5.41, 5.74) is 4.56. The Bertz CT molecular complexity index is 352. The fourth-order valence-corrected chi connectivity index (χ4v) is 2.28. The Morgan fingerprint density at radius 2 is 2.00 bits per heavy atom. The van der Waals surface area contributed by atoms with Crippen LogP contribution in [0.15, 0.2) is 30.4 Å². The minimum Gasteiger partial charge on any atom is -0.126 e. The Morgan fingerprint density at radius 1 is 1.13 bits per heavy atom. The molecule has 0 saturated carbocycles. The summed E-state index contributed by atoms with van der Waals surface area (Å²) in [5.74, 6) is 0.723. The van der Waals surface area contributed by atoms with Gasteiger partial charge in [-0.2, -0.15) is 0 Å². The van der Waals surface area contributed by atoms with E-state index in [2.05, 4.69) is 30.4 Å². The molecule has 0 unspecified atom stereocenters. The lowest BCUT2D eigenvalue weighted by atomic mass is 10.0. The van der Waals surface area contributed by atoms with Gasteiger partial charge in [-0.25, -0.2) is 0 Å². The van der Waals surface area contributed by atoms with Crippen LogP contribution in [0.4, 0.5) is 0 Å². The molecule has 0 amide bonds. The molecule has 2 rings (SSSR count). The van der Waals surface area contributed by atoms with Crippen molar-refractivity contribution >= 4 is 11.6 Å². The largest absolute Gasteiger partial charge is 0.126 e. The molecule has 0 spiro atoms. The van der Waals surface area contributed by atoms with Crippen LogP contribution in [0.5, 0.6) is 0 Å². The molecule has 1 aliphatic rings. The van der Waals surface area contributed by atoms with Gasteiger partial charge in [0.25, 0.3) is 0 Å². The molecule has 1 heteroatoms. The molecule has 1 aromatic rings. The van der Waals surface area contributed by atoms with Crippen molar-refractivity contribution in [3.63, 3.8) is 0 Å². The van der Waals surface area contributed by atoms with E-state index in [0.717, 1.165) is 18.7 Å². The maximum atomic E-state index is 5.61. The summed E-state index contributed by atoms with van der Waals surface area (Å²) >= 11 is 5.61. The highest BCUT2D eigenvalue weighted by molar-refractivity contribution is 6.17. The number of aryl methyl sites for hydroxylation is 2. The van der Waals surface area contributed by atoms with Gasteiger partial charge < -0.3 is 0 Å². The monoisotopic (exact) mass is 220 g/mol. The van der Waals surface area contributed by atoms with Crippen LogP contribution in [0.25, 0.3) is 0 Å². The van der Waals surface area contributed by atoms with E-state index in [0.29, 0.717) is 0 Å². The standard InChI is InChI=1S/C14H17Cl/c15-10-3-1-2-5-12-8-9-13-6-4-7-14(13)11-12/h1-2,8-9,11H,3-7,10H2. The third-order valence-corrected chi connectivity index (χ3v) is 3.18. The Morgan fingerprint density at radius 3 is 2.87 bits per heavy atom. The van der Waals surface area contributed by atoms with Gasteiger partial charge in [0.15, 0.2) is 0 Å². The zero-order chi connectivity index (χ0) is 10.5. The molecule has 0 fully saturated rings. The van der Waals surface area contributed by atoms with Gasteiger partial charge in [0.1, 0.15) is 0 Å². The number of halogens is 1. The minimum absolute atomic E-state index is 0.723. The fourth-order valence-electron chi connectivity index (χ4n) is 2.15. The Kier molecular flexibility index (Phi) is 3.85. The van der Waals surface area contributed by atoms with Gasteiger partial charge in [0, 0.05) is 5.88 Å². The van der Waals surface area contributed by atoms with Gasteiger partial charge in [-0.1, -0.05) is 30.4 Å². The average molecular weight is 221 g/mol. The van der Waals surface area contributed by atoms with Gasteiger partial charge in [-0.05, 0) is 48.8 Å². The molecule has 15 heavy (non-hydrogen) atoms. The SMILES string of the molecule is ClCCC=CCc1ccc2c(c1)CCC2. The van der Waals surface area contributed by atoms with Crippen molar-refractivity contribution in [3.8, 4) is 0 Å². The third kappa shape index (κ3) is 2.85. The number of benzene rings is 1. The van der Waals surface area contributed by atoms with E-state index in [1.54, 1.807) is 11.1 Å². The number of fused-ring (bicyclic) bond motifs is 1. The molecule has 0 atom stereocenters. The summed E-state index contributed by atoms with van der Waals surface area (Å²) in [4.78, 5) is 0. The molecular weight excluding hydrogens is 204 g/mol. The van der Waals surface area contributed by atoms with Crippen molar-refractivity contribution in [1.82, 2.24) is 0 Å². The molecule has 0 nitrogen and oxygen atoms in total.